The van der Waals surface area contributed by atoms with Crippen molar-refractivity contribution in [1.82, 2.24) is 15.3 Å². The van der Waals surface area contributed by atoms with E-state index in [1.165, 1.54) is 5.56 Å². The number of aryl methyl sites for hydroxylation is 2. The molecule has 2 rings (SSSR count). The summed E-state index contributed by atoms with van der Waals surface area (Å²) in [6, 6.07) is 9.79. The number of benzene rings is 1. The van der Waals surface area contributed by atoms with Crippen molar-refractivity contribution in [2.45, 2.75) is 40.2 Å². The highest BCUT2D eigenvalue weighted by molar-refractivity contribution is 5.92. The van der Waals surface area contributed by atoms with Crippen LogP contribution in [0.3, 0.4) is 0 Å². The topological polar surface area (TPSA) is 66.9 Å². The molecule has 122 valence electrons. The monoisotopic (exact) mass is 312 g/mol. The van der Waals surface area contributed by atoms with Crippen LogP contribution in [0.1, 0.15) is 47.2 Å². The van der Waals surface area contributed by atoms with E-state index in [1.54, 1.807) is 13.0 Å². The summed E-state index contributed by atoms with van der Waals surface area (Å²) in [5.41, 5.74) is 2.66. The van der Waals surface area contributed by atoms with Crippen LogP contribution in [0.15, 0.2) is 30.3 Å². The number of aromatic nitrogens is 2. The summed E-state index contributed by atoms with van der Waals surface area (Å²) >= 11 is 0. The molecule has 23 heavy (non-hydrogen) atoms. The first-order chi connectivity index (χ1) is 11.1. The first-order valence-corrected chi connectivity index (χ1v) is 8.02. The molecule has 0 spiro atoms. The maximum atomic E-state index is 12.3. The predicted octanol–water partition coefficient (Wildman–Crippen LogP) is 3.24. The Kier molecular flexibility index (Phi) is 6.09. The molecule has 5 heteroatoms. The van der Waals surface area contributed by atoms with E-state index >= 15 is 0 Å². The number of nitrogens with one attached hydrogen (secondary N) is 2. The molecule has 1 heterocycles. The minimum Gasteiger partial charge on any atom is -0.370 e. The average molecular weight is 312 g/mol. The molecule has 0 saturated carbocycles. The molecule has 1 amide bonds. The molecule has 0 aliphatic rings. The van der Waals surface area contributed by atoms with Gasteiger partial charge >= 0.3 is 0 Å². The van der Waals surface area contributed by atoms with Gasteiger partial charge in [0.25, 0.3) is 5.91 Å². The van der Waals surface area contributed by atoms with Crippen LogP contribution in [-0.4, -0.2) is 22.4 Å². The van der Waals surface area contributed by atoms with Crippen molar-refractivity contribution in [1.29, 1.82) is 0 Å². The van der Waals surface area contributed by atoms with Crippen LogP contribution < -0.4 is 10.6 Å². The number of anilines is 1. The highest BCUT2D eigenvalue weighted by atomic mass is 16.1. The zero-order valence-corrected chi connectivity index (χ0v) is 14.0. The molecule has 0 atom stereocenters. The number of unbranched alkanes of at least 4 members (excludes halogenated alkanes) is 1. The standard InChI is InChI=1S/C18H24N4O/c1-4-5-10-19-17-11-16(21-14(3)22-17)18(23)20-12-15-8-6-13(2)7-9-15/h6-9,11H,4-5,10,12H2,1-3H3,(H,20,23)(H,19,21,22). The summed E-state index contributed by atoms with van der Waals surface area (Å²) in [5.74, 6) is 1.10. The number of amides is 1. The van der Waals surface area contributed by atoms with E-state index in [9.17, 15) is 4.79 Å². The molecule has 0 unspecified atom stereocenters. The van der Waals surface area contributed by atoms with Crippen LogP contribution >= 0.6 is 0 Å². The minimum absolute atomic E-state index is 0.186. The minimum atomic E-state index is -0.186. The second-order valence-corrected chi connectivity index (χ2v) is 5.63. The Morgan fingerprint density at radius 3 is 2.57 bits per heavy atom. The highest BCUT2D eigenvalue weighted by Crippen LogP contribution is 2.08. The van der Waals surface area contributed by atoms with E-state index in [4.69, 9.17) is 0 Å². The molecule has 2 aromatic rings. The van der Waals surface area contributed by atoms with Gasteiger partial charge in [-0.2, -0.15) is 0 Å². The Balaban J connectivity index is 1.99. The van der Waals surface area contributed by atoms with Crippen LogP contribution in [0.4, 0.5) is 5.82 Å². The van der Waals surface area contributed by atoms with Gasteiger partial charge in [0.1, 0.15) is 17.3 Å². The van der Waals surface area contributed by atoms with Gasteiger partial charge in [0.05, 0.1) is 0 Å². The van der Waals surface area contributed by atoms with E-state index in [2.05, 4.69) is 27.5 Å². The predicted molar refractivity (Wildman–Crippen MR) is 92.5 cm³/mol. The fourth-order valence-corrected chi connectivity index (χ4v) is 2.15. The summed E-state index contributed by atoms with van der Waals surface area (Å²) in [4.78, 5) is 20.8. The summed E-state index contributed by atoms with van der Waals surface area (Å²) in [6.07, 6.45) is 2.18. The van der Waals surface area contributed by atoms with Gasteiger partial charge in [-0.1, -0.05) is 43.2 Å². The molecule has 0 radical (unpaired) electrons. The summed E-state index contributed by atoms with van der Waals surface area (Å²) in [5, 5.41) is 6.13. The zero-order valence-electron chi connectivity index (χ0n) is 14.0. The zero-order chi connectivity index (χ0) is 16.7. The van der Waals surface area contributed by atoms with Crippen molar-refractivity contribution >= 4 is 11.7 Å². The normalized spacial score (nSPS) is 10.4. The molecular weight excluding hydrogens is 288 g/mol. The molecule has 0 fully saturated rings. The third kappa shape index (κ3) is 5.36. The van der Waals surface area contributed by atoms with Gasteiger partial charge in [-0.05, 0) is 25.8 Å². The SMILES string of the molecule is CCCCNc1cc(C(=O)NCc2ccc(C)cc2)nc(C)n1. The first-order valence-electron chi connectivity index (χ1n) is 8.02. The smallest absolute Gasteiger partial charge is 0.270 e. The fraction of sp³-hybridized carbons (Fsp3) is 0.389. The van der Waals surface area contributed by atoms with Gasteiger partial charge in [0.2, 0.25) is 0 Å². The summed E-state index contributed by atoms with van der Waals surface area (Å²) in [7, 11) is 0. The number of nitrogens with zero attached hydrogens (tertiary/aromatic N) is 2. The number of carbonyl (C=O) groups excluding carboxylic acids is 1. The number of hydrogen-bond donors (Lipinski definition) is 2. The van der Waals surface area contributed by atoms with E-state index in [1.807, 2.05) is 31.2 Å². The molecule has 1 aromatic carbocycles. The second kappa shape index (κ2) is 8.27. The molecule has 0 aliphatic heterocycles. The maximum Gasteiger partial charge on any atom is 0.270 e. The lowest BCUT2D eigenvalue weighted by Crippen LogP contribution is -2.24. The Morgan fingerprint density at radius 2 is 1.87 bits per heavy atom. The van der Waals surface area contributed by atoms with Crippen molar-refractivity contribution < 1.29 is 4.79 Å². The lowest BCUT2D eigenvalue weighted by Gasteiger charge is -2.09. The number of hydrogen-bond acceptors (Lipinski definition) is 4. The number of rotatable bonds is 7. The molecular formula is C18H24N4O. The second-order valence-electron chi connectivity index (χ2n) is 5.63. The Bertz CT molecular complexity index is 653. The molecule has 0 aliphatic carbocycles. The van der Waals surface area contributed by atoms with Gasteiger partial charge in [0, 0.05) is 19.2 Å². The van der Waals surface area contributed by atoms with E-state index in [0.29, 0.717) is 23.9 Å². The van der Waals surface area contributed by atoms with Crippen molar-refractivity contribution in [3.05, 3.63) is 53.0 Å². The van der Waals surface area contributed by atoms with Crippen LogP contribution in [0.2, 0.25) is 0 Å². The van der Waals surface area contributed by atoms with Crippen LogP contribution in [0.5, 0.6) is 0 Å². The van der Waals surface area contributed by atoms with Gasteiger partial charge in [0.15, 0.2) is 0 Å². The van der Waals surface area contributed by atoms with Gasteiger partial charge < -0.3 is 10.6 Å². The first kappa shape index (κ1) is 16.9. The quantitative estimate of drug-likeness (QED) is 0.770. The van der Waals surface area contributed by atoms with Gasteiger partial charge in [-0.3, -0.25) is 4.79 Å². The molecule has 2 N–H and O–H groups in total. The Hall–Kier alpha value is -2.43. The average Bonchev–Trinajstić information content (AvgIpc) is 2.54. The Labute approximate surface area is 137 Å². The molecule has 0 saturated heterocycles. The van der Waals surface area contributed by atoms with E-state index in [-0.39, 0.29) is 5.91 Å². The number of carbonyl (C=O) groups is 1. The molecule has 0 bridgehead atoms. The lowest BCUT2D eigenvalue weighted by molar-refractivity contribution is 0.0945. The van der Waals surface area contributed by atoms with Crippen molar-refractivity contribution in [2.24, 2.45) is 0 Å². The molecule has 1 aromatic heterocycles. The third-order valence-electron chi connectivity index (χ3n) is 3.48. The van der Waals surface area contributed by atoms with Gasteiger partial charge in [-0.25, -0.2) is 9.97 Å². The van der Waals surface area contributed by atoms with Crippen molar-refractivity contribution in [3.63, 3.8) is 0 Å². The summed E-state index contributed by atoms with van der Waals surface area (Å²) < 4.78 is 0. The van der Waals surface area contributed by atoms with E-state index < -0.39 is 0 Å². The summed E-state index contributed by atoms with van der Waals surface area (Å²) in [6.45, 7) is 7.30. The largest absolute Gasteiger partial charge is 0.370 e. The molecule has 5 nitrogen and oxygen atoms in total. The highest BCUT2D eigenvalue weighted by Gasteiger charge is 2.10. The van der Waals surface area contributed by atoms with Gasteiger partial charge in [-0.15, -0.1) is 0 Å². The fourth-order valence-electron chi connectivity index (χ4n) is 2.15. The van der Waals surface area contributed by atoms with Crippen LogP contribution in [0.25, 0.3) is 0 Å². The maximum absolute atomic E-state index is 12.3. The van der Waals surface area contributed by atoms with Crippen LogP contribution in [-0.2, 0) is 6.54 Å². The van der Waals surface area contributed by atoms with Crippen molar-refractivity contribution in [3.8, 4) is 0 Å². The third-order valence-corrected chi connectivity index (χ3v) is 3.48. The van der Waals surface area contributed by atoms with E-state index in [0.717, 1.165) is 24.9 Å². The Morgan fingerprint density at radius 1 is 1.13 bits per heavy atom. The van der Waals surface area contributed by atoms with Crippen molar-refractivity contribution in [2.75, 3.05) is 11.9 Å². The lowest BCUT2D eigenvalue weighted by atomic mass is 10.1. The van der Waals surface area contributed by atoms with Crippen LogP contribution in [0, 0.1) is 13.8 Å².